The number of nitrogens with zero attached hydrogens (tertiary/aromatic N) is 3. The van der Waals surface area contributed by atoms with Crippen LogP contribution >= 0.6 is 11.3 Å². The van der Waals surface area contributed by atoms with Gasteiger partial charge in [0.2, 0.25) is 10.0 Å². The summed E-state index contributed by atoms with van der Waals surface area (Å²) in [5, 5.41) is 3.28. The Labute approximate surface area is 200 Å². The number of sulfonamides is 1. The van der Waals surface area contributed by atoms with Crippen LogP contribution in [-0.4, -0.2) is 50.8 Å². The molecule has 1 N–H and O–H groups in total. The molecule has 0 spiro atoms. The fourth-order valence-corrected chi connectivity index (χ4v) is 5.90. The van der Waals surface area contributed by atoms with Gasteiger partial charge in [-0.15, -0.1) is 0 Å². The standard InChI is InChI=1S/C24H32N4O3S2/c1-5-7-14-28(15-8-6-2)33(30,31)20-12-13-21-22(17-20)32-24(25-21)26-23(29)18-10-9-11-19(16-18)27(3)4/h9-13,16-17H,5-8,14-15H2,1-4H3,(H,25,26,29). The lowest BCUT2D eigenvalue weighted by Gasteiger charge is -2.21. The molecule has 178 valence electrons. The Morgan fingerprint density at radius 2 is 1.73 bits per heavy atom. The van der Waals surface area contributed by atoms with E-state index in [1.807, 2.05) is 37.2 Å². The molecule has 1 aromatic heterocycles. The lowest BCUT2D eigenvalue weighted by Crippen LogP contribution is -2.33. The fraction of sp³-hybridized carbons (Fsp3) is 0.417. The summed E-state index contributed by atoms with van der Waals surface area (Å²) in [6, 6.07) is 12.3. The lowest BCUT2D eigenvalue weighted by atomic mass is 10.2. The highest BCUT2D eigenvalue weighted by Gasteiger charge is 2.24. The second-order valence-electron chi connectivity index (χ2n) is 8.16. The largest absolute Gasteiger partial charge is 0.378 e. The Morgan fingerprint density at radius 3 is 2.36 bits per heavy atom. The highest BCUT2D eigenvalue weighted by Crippen LogP contribution is 2.30. The van der Waals surface area contributed by atoms with Gasteiger partial charge in [0.1, 0.15) is 0 Å². The number of anilines is 2. The van der Waals surface area contributed by atoms with Crippen molar-refractivity contribution in [2.75, 3.05) is 37.4 Å². The van der Waals surface area contributed by atoms with Gasteiger partial charge in [0.05, 0.1) is 15.1 Å². The van der Waals surface area contributed by atoms with Gasteiger partial charge in [-0.2, -0.15) is 4.31 Å². The van der Waals surface area contributed by atoms with Crippen LogP contribution in [0.4, 0.5) is 10.8 Å². The molecule has 3 aromatic rings. The van der Waals surface area contributed by atoms with Crippen molar-refractivity contribution < 1.29 is 13.2 Å². The van der Waals surface area contributed by atoms with Crippen molar-refractivity contribution in [1.29, 1.82) is 0 Å². The van der Waals surface area contributed by atoms with Crippen LogP contribution in [0.5, 0.6) is 0 Å². The summed E-state index contributed by atoms with van der Waals surface area (Å²) >= 11 is 1.27. The average Bonchev–Trinajstić information content (AvgIpc) is 3.20. The van der Waals surface area contributed by atoms with Crippen molar-refractivity contribution in [3.8, 4) is 0 Å². The zero-order chi connectivity index (χ0) is 24.0. The van der Waals surface area contributed by atoms with Gasteiger partial charge >= 0.3 is 0 Å². The van der Waals surface area contributed by atoms with Crippen LogP contribution in [0.25, 0.3) is 10.2 Å². The van der Waals surface area contributed by atoms with Crippen LogP contribution in [0.15, 0.2) is 47.4 Å². The Morgan fingerprint density at radius 1 is 1.03 bits per heavy atom. The summed E-state index contributed by atoms with van der Waals surface area (Å²) in [5.74, 6) is -0.254. The number of fused-ring (bicyclic) bond motifs is 1. The topological polar surface area (TPSA) is 82.6 Å². The molecule has 33 heavy (non-hydrogen) atoms. The Kier molecular flexibility index (Phi) is 8.45. The van der Waals surface area contributed by atoms with E-state index in [0.29, 0.717) is 29.3 Å². The number of unbranched alkanes of at least 4 members (excludes halogenated alkanes) is 2. The molecule has 1 heterocycles. The van der Waals surface area contributed by atoms with E-state index in [9.17, 15) is 13.2 Å². The van der Waals surface area contributed by atoms with Gasteiger partial charge < -0.3 is 4.90 Å². The number of aromatic nitrogens is 1. The molecule has 0 saturated heterocycles. The van der Waals surface area contributed by atoms with Crippen LogP contribution in [-0.2, 0) is 10.0 Å². The van der Waals surface area contributed by atoms with Crippen molar-refractivity contribution in [2.45, 2.75) is 44.4 Å². The average molecular weight is 489 g/mol. The molecule has 0 aliphatic carbocycles. The Hall–Kier alpha value is -2.49. The zero-order valence-corrected chi connectivity index (χ0v) is 21.3. The third-order valence-electron chi connectivity index (χ3n) is 5.37. The summed E-state index contributed by atoms with van der Waals surface area (Å²) in [6.45, 7) is 5.15. The molecule has 0 aliphatic heterocycles. The predicted octanol–water partition coefficient (Wildman–Crippen LogP) is 5.21. The van der Waals surface area contributed by atoms with E-state index < -0.39 is 10.0 Å². The number of carbonyl (C=O) groups excluding carboxylic acids is 1. The molecular weight excluding hydrogens is 456 g/mol. The highest BCUT2D eigenvalue weighted by molar-refractivity contribution is 7.89. The molecule has 0 radical (unpaired) electrons. The molecule has 7 nitrogen and oxygen atoms in total. The van der Waals surface area contributed by atoms with E-state index in [2.05, 4.69) is 24.1 Å². The van der Waals surface area contributed by atoms with Gasteiger partial charge in [-0.3, -0.25) is 10.1 Å². The van der Waals surface area contributed by atoms with Gasteiger partial charge in [-0.25, -0.2) is 13.4 Å². The first-order valence-electron chi connectivity index (χ1n) is 11.3. The normalized spacial score (nSPS) is 11.8. The van der Waals surface area contributed by atoms with Crippen LogP contribution < -0.4 is 10.2 Å². The maximum Gasteiger partial charge on any atom is 0.257 e. The zero-order valence-electron chi connectivity index (χ0n) is 19.7. The van der Waals surface area contributed by atoms with E-state index in [0.717, 1.165) is 36.1 Å². The lowest BCUT2D eigenvalue weighted by molar-refractivity contribution is 0.102. The summed E-state index contributed by atoms with van der Waals surface area (Å²) in [7, 11) is 0.250. The SMILES string of the molecule is CCCCN(CCCC)S(=O)(=O)c1ccc2nc(NC(=O)c3cccc(N(C)C)c3)sc2c1. The number of nitrogens with one attached hydrogen (secondary N) is 1. The molecule has 0 saturated carbocycles. The molecule has 0 fully saturated rings. The monoisotopic (exact) mass is 488 g/mol. The Bertz CT molecular complexity index is 1200. The van der Waals surface area contributed by atoms with Crippen LogP contribution in [0, 0.1) is 0 Å². The smallest absolute Gasteiger partial charge is 0.257 e. The number of amides is 1. The van der Waals surface area contributed by atoms with Crippen molar-refractivity contribution in [3.05, 3.63) is 48.0 Å². The summed E-state index contributed by atoms with van der Waals surface area (Å²) in [5.41, 5.74) is 2.12. The molecule has 3 rings (SSSR count). The molecule has 9 heteroatoms. The van der Waals surface area contributed by atoms with E-state index in [-0.39, 0.29) is 10.8 Å². The minimum absolute atomic E-state index is 0.254. The van der Waals surface area contributed by atoms with Crippen LogP contribution in [0.2, 0.25) is 0 Å². The summed E-state index contributed by atoms with van der Waals surface area (Å²) < 4.78 is 28.9. The molecule has 0 atom stereocenters. The van der Waals surface area contributed by atoms with Gasteiger partial charge in [0.25, 0.3) is 5.91 Å². The minimum atomic E-state index is -3.59. The van der Waals surface area contributed by atoms with Crippen molar-refractivity contribution >= 4 is 48.3 Å². The first-order chi connectivity index (χ1) is 15.8. The van der Waals surface area contributed by atoms with Crippen LogP contribution in [0.1, 0.15) is 49.9 Å². The van der Waals surface area contributed by atoms with Crippen LogP contribution in [0.3, 0.4) is 0 Å². The molecule has 0 unspecified atom stereocenters. The molecule has 1 amide bonds. The van der Waals surface area contributed by atoms with Gasteiger partial charge in [0, 0.05) is 38.4 Å². The van der Waals surface area contributed by atoms with E-state index in [1.54, 1.807) is 28.6 Å². The Balaban J connectivity index is 1.83. The first-order valence-corrected chi connectivity index (χ1v) is 13.5. The molecule has 0 bridgehead atoms. The fourth-order valence-electron chi connectivity index (χ4n) is 3.38. The van der Waals surface area contributed by atoms with E-state index in [4.69, 9.17) is 0 Å². The van der Waals surface area contributed by atoms with Gasteiger partial charge in [0.15, 0.2) is 5.13 Å². The van der Waals surface area contributed by atoms with E-state index in [1.165, 1.54) is 11.3 Å². The maximum atomic E-state index is 13.3. The minimum Gasteiger partial charge on any atom is -0.378 e. The van der Waals surface area contributed by atoms with Crippen molar-refractivity contribution in [2.24, 2.45) is 0 Å². The highest BCUT2D eigenvalue weighted by atomic mass is 32.2. The number of carbonyl (C=O) groups is 1. The molecule has 2 aromatic carbocycles. The number of hydrogen-bond donors (Lipinski definition) is 1. The summed E-state index contributed by atoms with van der Waals surface area (Å²) in [6.07, 6.45) is 3.53. The molecular formula is C24H32N4O3S2. The third kappa shape index (κ3) is 6.10. The van der Waals surface area contributed by atoms with Gasteiger partial charge in [-0.1, -0.05) is 44.1 Å². The molecule has 0 aliphatic rings. The maximum absolute atomic E-state index is 13.3. The quantitative estimate of drug-likeness (QED) is 0.401. The third-order valence-corrected chi connectivity index (χ3v) is 8.19. The second kappa shape index (κ2) is 11.1. The number of rotatable bonds is 11. The number of benzene rings is 2. The van der Waals surface area contributed by atoms with Crippen molar-refractivity contribution in [3.63, 3.8) is 0 Å². The predicted molar refractivity (Wildman–Crippen MR) is 137 cm³/mol. The number of hydrogen-bond acceptors (Lipinski definition) is 6. The van der Waals surface area contributed by atoms with Gasteiger partial charge in [-0.05, 0) is 49.2 Å². The van der Waals surface area contributed by atoms with Crippen molar-refractivity contribution in [1.82, 2.24) is 9.29 Å². The number of thiazole rings is 1. The van der Waals surface area contributed by atoms with E-state index >= 15 is 0 Å². The second-order valence-corrected chi connectivity index (χ2v) is 11.1. The summed E-state index contributed by atoms with van der Waals surface area (Å²) in [4.78, 5) is 19.4. The first kappa shape index (κ1) is 25.1.